The van der Waals surface area contributed by atoms with Gasteiger partial charge < -0.3 is 0 Å². The first-order chi connectivity index (χ1) is 13.5. The molecule has 0 saturated carbocycles. The molecule has 0 aromatic heterocycles. The number of unbranched alkanes of at least 4 members (excludes halogenated alkanes) is 6. The van der Waals surface area contributed by atoms with Crippen molar-refractivity contribution >= 4 is 0 Å². The predicted octanol–water partition coefficient (Wildman–Crippen LogP) is 8.85. The van der Waals surface area contributed by atoms with Crippen LogP contribution in [0.5, 0.6) is 0 Å². The first-order valence-corrected chi connectivity index (χ1v) is 11.6. The van der Waals surface area contributed by atoms with Crippen LogP contribution in [0.3, 0.4) is 0 Å². The van der Waals surface area contributed by atoms with E-state index in [0.29, 0.717) is 0 Å². The molecule has 2 aromatic carbocycles. The predicted molar refractivity (Wildman–Crippen MR) is 128 cm³/mol. The van der Waals surface area contributed by atoms with Crippen LogP contribution in [0.15, 0.2) is 36.4 Å². The van der Waals surface area contributed by atoms with Crippen molar-refractivity contribution in [3.63, 3.8) is 0 Å². The zero-order valence-electron chi connectivity index (χ0n) is 19.5. The van der Waals surface area contributed by atoms with Crippen molar-refractivity contribution in [1.82, 2.24) is 0 Å². The molecule has 0 saturated heterocycles. The summed E-state index contributed by atoms with van der Waals surface area (Å²) < 4.78 is 0. The molecular weight excluding hydrogens is 336 g/mol. The van der Waals surface area contributed by atoms with E-state index in [1.165, 1.54) is 86.5 Å². The highest BCUT2D eigenvalue weighted by molar-refractivity contribution is 5.37. The third-order valence-electron chi connectivity index (χ3n) is 5.57. The summed E-state index contributed by atoms with van der Waals surface area (Å²) in [6.07, 6.45) is 13.4. The van der Waals surface area contributed by atoms with Gasteiger partial charge in [-0.15, -0.1) is 0 Å². The van der Waals surface area contributed by atoms with Gasteiger partial charge in [0.25, 0.3) is 0 Å². The van der Waals surface area contributed by atoms with Crippen LogP contribution in [0.2, 0.25) is 0 Å². The SMILES string of the molecule is CCCCCCc1cc(C)c(CCCCCC)cc1C.Cc1cccc(C)c1. The molecule has 28 heavy (non-hydrogen) atoms. The summed E-state index contributed by atoms with van der Waals surface area (Å²) in [6, 6.07) is 13.4. The van der Waals surface area contributed by atoms with Crippen LogP contribution >= 0.6 is 0 Å². The Kier molecular flexibility index (Phi) is 12.6. The molecule has 0 atom stereocenters. The lowest BCUT2D eigenvalue weighted by atomic mass is 9.93. The molecule has 0 aliphatic carbocycles. The maximum absolute atomic E-state index is 2.45. The number of benzene rings is 2. The van der Waals surface area contributed by atoms with Gasteiger partial charge in [-0.05, 0) is 75.6 Å². The fourth-order valence-electron chi connectivity index (χ4n) is 3.77. The smallest absolute Gasteiger partial charge is 0.0276 e. The fraction of sp³-hybridized carbons (Fsp3) is 0.571. The van der Waals surface area contributed by atoms with Crippen molar-refractivity contribution in [2.24, 2.45) is 0 Å². The van der Waals surface area contributed by atoms with Crippen molar-refractivity contribution in [2.45, 2.75) is 106 Å². The van der Waals surface area contributed by atoms with Crippen molar-refractivity contribution in [1.29, 1.82) is 0 Å². The summed E-state index contributed by atoms with van der Waals surface area (Å²) in [4.78, 5) is 0. The summed E-state index contributed by atoms with van der Waals surface area (Å²) in [5.41, 5.74) is 8.86. The highest BCUT2D eigenvalue weighted by atomic mass is 14.1. The van der Waals surface area contributed by atoms with E-state index in [9.17, 15) is 0 Å². The van der Waals surface area contributed by atoms with E-state index in [1.807, 2.05) is 0 Å². The Hall–Kier alpha value is -1.56. The maximum atomic E-state index is 2.45. The summed E-state index contributed by atoms with van der Waals surface area (Å²) in [6.45, 7) is 13.4. The third-order valence-corrected chi connectivity index (χ3v) is 5.57. The van der Waals surface area contributed by atoms with Crippen LogP contribution in [0.25, 0.3) is 0 Å². The minimum atomic E-state index is 1.27. The van der Waals surface area contributed by atoms with Crippen LogP contribution < -0.4 is 0 Å². The zero-order valence-corrected chi connectivity index (χ0v) is 19.5. The van der Waals surface area contributed by atoms with Gasteiger partial charge in [0, 0.05) is 0 Å². The normalized spacial score (nSPS) is 10.5. The lowest BCUT2D eigenvalue weighted by Crippen LogP contribution is -1.97. The molecular formula is C28H44. The topological polar surface area (TPSA) is 0 Å². The van der Waals surface area contributed by atoms with E-state index in [0.717, 1.165) is 0 Å². The van der Waals surface area contributed by atoms with Gasteiger partial charge in [-0.2, -0.15) is 0 Å². The Labute approximate surface area is 175 Å². The lowest BCUT2D eigenvalue weighted by Gasteiger charge is -2.12. The molecule has 0 amide bonds. The van der Waals surface area contributed by atoms with Gasteiger partial charge in [-0.25, -0.2) is 0 Å². The summed E-state index contributed by atoms with van der Waals surface area (Å²) in [5, 5.41) is 0. The van der Waals surface area contributed by atoms with Gasteiger partial charge in [0.15, 0.2) is 0 Å². The molecule has 0 unspecified atom stereocenters. The van der Waals surface area contributed by atoms with Crippen LogP contribution in [-0.4, -0.2) is 0 Å². The molecule has 0 heterocycles. The number of aryl methyl sites for hydroxylation is 6. The summed E-state index contributed by atoms with van der Waals surface area (Å²) in [7, 11) is 0. The van der Waals surface area contributed by atoms with E-state index in [4.69, 9.17) is 0 Å². The first-order valence-electron chi connectivity index (χ1n) is 11.6. The highest BCUT2D eigenvalue weighted by Gasteiger charge is 2.05. The number of hydrogen-bond donors (Lipinski definition) is 0. The molecule has 0 spiro atoms. The van der Waals surface area contributed by atoms with Crippen molar-refractivity contribution in [3.8, 4) is 0 Å². The van der Waals surface area contributed by atoms with Crippen molar-refractivity contribution < 1.29 is 0 Å². The van der Waals surface area contributed by atoms with Crippen LogP contribution in [0.1, 0.15) is 98.6 Å². The lowest BCUT2D eigenvalue weighted by molar-refractivity contribution is 0.661. The average molecular weight is 381 g/mol. The van der Waals surface area contributed by atoms with Crippen molar-refractivity contribution in [2.75, 3.05) is 0 Å². The number of hydrogen-bond acceptors (Lipinski definition) is 0. The molecule has 0 radical (unpaired) electrons. The van der Waals surface area contributed by atoms with Crippen molar-refractivity contribution in [3.05, 3.63) is 69.8 Å². The maximum Gasteiger partial charge on any atom is -0.0276 e. The minimum Gasteiger partial charge on any atom is -0.0654 e. The molecule has 2 rings (SSSR count). The molecule has 0 nitrogen and oxygen atoms in total. The monoisotopic (exact) mass is 380 g/mol. The van der Waals surface area contributed by atoms with E-state index in [2.05, 4.69) is 77.9 Å². The molecule has 156 valence electrons. The van der Waals surface area contributed by atoms with E-state index >= 15 is 0 Å². The zero-order chi connectivity index (χ0) is 20.8. The molecule has 2 aromatic rings. The third kappa shape index (κ3) is 10.1. The highest BCUT2D eigenvalue weighted by Crippen LogP contribution is 2.20. The quantitative estimate of drug-likeness (QED) is 0.361. The van der Waals surface area contributed by atoms with Crippen LogP contribution in [0.4, 0.5) is 0 Å². The Morgan fingerprint density at radius 1 is 0.536 bits per heavy atom. The Morgan fingerprint density at radius 2 is 0.964 bits per heavy atom. The minimum absolute atomic E-state index is 1.27. The molecule has 0 aliphatic heterocycles. The second kappa shape index (κ2) is 14.4. The number of rotatable bonds is 10. The average Bonchev–Trinajstić information content (AvgIpc) is 2.66. The second-order valence-electron chi connectivity index (χ2n) is 8.48. The van der Waals surface area contributed by atoms with Gasteiger partial charge in [0.2, 0.25) is 0 Å². The van der Waals surface area contributed by atoms with Crippen LogP contribution in [0, 0.1) is 27.7 Å². The van der Waals surface area contributed by atoms with E-state index in [1.54, 1.807) is 11.1 Å². The molecule has 0 fully saturated rings. The second-order valence-corrected chi connectivity index (χ2v) is 8.48. The van der Waals surface area contributed by atoms with Gasteiger partial charge in [-0.3, -0.25) is 0 Å². The molecule has 0 bridgehead atoms. The largest absolute Gasteiger partial charge is 0.0654 e. The molecule has 0 N–H and O–H groups in total. The van der Waals surface area contributed by atoms with E-state index in [-0.39, 0.29) is 0 Å². The molecule has 0 heteroatoms. The van der Waals surface area contributed by atoms with Gasteiger partial charge in [0.05, 0.1) is 0 Å². The summed E-state index contributed by atoms with van der Waals surface area (Å²) >= 11 is 0. The van der Waals surface area contributed by atoms with E-state index < -0.39 is 0 Å². The standard InChI is InChI=1S/C20H34.C8H10/c1-5-7-9-11-13-19-15-18(4)20(16-17(19)3)14-12-10-8-6-2;1-7-4-3-5-8(2)6-7/h15-16H,5-14H2,1-4H3;3-6H,1-2H3. The Bertz CT molecular complexity index is 611. The molecule has 0 aliphatic rings. The van der Waals surface area contributed by atoms with Gasteiger partial charge >= 0.3 is 0 Å². The Morgan fingerprint density at radius 3 is 1.29 bits per heavy atom. The fourth-order valence-corrected chi connectivity index (χ4v) is 3.77. The Balaban J connectivity index is 0.000000406. The summed E-state index contributed by atoms with van der Waals surface area (Å²) in [5.74, 6) is 0. The van der Waals surface area contributed by atoms with Crippen LogP contribution in [-0.2, 0) is 12.8 Å². The first kappa shape index (κ1) is 24.5. The van der Waals surface area contributed by atoms with Gasteiger partial charge in [-0.1, -0.05) is 99.9 Å². The van der Waals surface area contributed by atoms with Gasteiger partial charge in [0.1, 0.15) is 0 Å².